The highest BCUT2D eigenvalue weighted by atomic mass is 32.2. The van der Waals surface area contributed by atoms with Gasteiger partial charge in [0.2, 0.25) is 0 Å². The maximum Gasteiger partial charge on any atom is 0.157 e. The van der Waals surface area contributed by atoms with Crippen LogP contribution in [0.25, 0.3) is 0 Å². The van der Waals surface area contributed by atoms with Crippen LogP contribution in [-0.4, -0.2) is 20.3 Å². The van der Waals surface area contributed by atoms with Gasteiger partial charge in [-0.1, -0.05) is 12.8 Å². The molecule has 2 N–H and O–H groups in total. The molecular formula is C14H21NO3S. The minimum absolute atomic E-state index is 0.0258. The molecule has 1 aliphatic rings. The Morgan fingerprint density at radius 2 is 2.00 bits per heavy atom. The summed E-state index contributed by atoms with van der Waals surface area (Å²) in [5.74, 6) is 0.649. The van der Waals surface area contributed by atoms with E-state index in [0.29, 0.717) is 23.6 Å². The van der Waals surface area contributed by atoms with Gasteiger partial charge in [-0.3, -0.25) is 0 Å². The Morgan fingerprint density at radius 1 is 1.32 bits per heavy atom. The number of ether oxygens (including phenoxy) is 1. The van der Waals surface area contributed by atoms with E-state index in [1.165, 1.54) is 0 Å². The highest BCUT2D eigenvalue weighted by molar-refractivity contribution is 7.91. The lowest BCUT2D eigenvalue weighted by molar-refractivity contribution is 0.337. The van der Waals surface area contributed by atoms with E-state index in [-0.39, 0.29) is 11.0 Å². The Kier molecular flexibility index (Phi) is 4.34. The minimum atomic E-state index is -3.11. The Balaban J connectivity index is 2.24. The molecule has 0 saturated heterocycles. The fourth-order valence-corrected chi connectivity index (χ4v) is 4.54. The number of benzene rings is 1. The number of rotatable bonds is 5. The van der Waals surface area contributed by atoms with Crippen LogP contribution in [0.4, 0.5) is 5.69 Å². The molecule has 1 aliphatic carbocycles. The van der Waals surface area contributed by atoms with E-state index in [0.717, 1.165) is 25.7 Å². The Bertz CT molecular complexity index is 534. The number of nitrogen functional groups attached to an aromatic ring is 1. The molecule has 4 nitrogen and oxygen atoms in total. The van der Waals surface area contributed by atoms with Crippen molar-refractivity contribution in [1.29, 1.82) is 0 Å². The molecule has 5 heteroatoms. The molecule has 106 valence electrons. The largest absolute Gasteiger partial charge is 0.494 e. The highest BCUT2D eigenvalue weighted by Gasteiger charge is 2.29. The smallest absolute Gasteiger partial charge is 0.157 e. The van der Waals surface area contributed by atoms with Crippen molar-refractivity contribution < 1.29 is 13.2 Å². The average molecular weight is 283 g/mol. The first-order valence-corrected chi connectivity index (χ1v) is 8.47. The molecule has 0 aliphatic heterocycles. The van der Waals surface area contributed by atoms with Gasteiger partial charge in [-0.25, -0.2) is 8.42 Å². The lowest BCUT2D eigenvalue weighted by atomic mass is 10.2. The lowest BCUT2D eigenvalue weighted by Crippen LogP contribution is -2.20. The average Bonchev–Trinajstić information content (AvgIpc) is 2.87. The first-order valence-electron chi connectivity index (χ1n) is 6.75. The molecule has 0 aromatic heterocycles. The van der Waals surface area contributed by atoms with E-state index in [4.69, 9.17) is 10.5 Å². The summed E-state index contributed by atoms with van der Waals surface area (Å²) >= 11 is 0. The number of hydrogen-bond donors (Lipinski definition) is 1. The molecule has 0 radical (unpaired) electrons. The summed E-state index contributed by atoms with van der Waals surface area (Å²) in [6.07, 6.45) is 3.60. The summed E-state index contributed by atoms with van der Waals surface area (Å²) in [6.45, 7) is 2.39. The summed E-state index contributed by atoms with van der Waals surface area (Å²) in [6, 6.07) is 5.19. The van der Waals surface area contributed by atoms with Crippen molar-refractivity contribution in [3.8, 4) is 5.75 Å². The Hall–Kier alpha value is -1.23. The molecule has 1 aromatic carbocycles. The Morgan fingerprint density at radius 3 is 2.63 bits per heavy atom. The third-order valence-electron chi connectivity index (χ3n) is 3.55. The molecule has 0 unspecified atom stereocenters. The molecular weight excluding hydrogens is 262 g/mol. The molecule has 0 bridgehead atoms. The summed E-state index contributed by atoms with van der Waals surface area (Å²) in [4.78, 5) is 0. The maximum absolute atomic E-state index is 12.4. The van der Waals surface area contributed by atoms with Crippen LogP contribution in [0.1, 0.15) is 38.2 Å². The molecule has 1 saturated carbocycles. The van der Waals surface area contributed by atoms with Crippen LogP contribution in [0, 0.1) is 0 Å². The first-order chi connectivity index (χ1) is 9.03. The van der Waals surface area contributed by atoms with E-state index < -0.39 is 9.84 Å². The summed E-state index contributed by atoms with van der Waals surface area (Å²) in [5, 5.41) is -0.191. The van der Waals surface area contributed by atoms with Gasteiger partial charge in [0.05, 0.1) is 17.6 Å². The van der Waals surface area contributed by atoms with Gasteiger partial charge >= 0.3 is 0 Å². The van der Waals surface area contributed by atoms with E-state index in [1.54, 1.807) is 18.2 Å². The second-order valence-corrected chi connectivity index (χ2v) is 7.29. The predicted molar refractivity (Wildman–Crippen MR) is 76.9 cm³/mol. The van der Waals surface area contributed by atoms with E-state index in [2.05, 4.69) is 0 Å². The zero-order valence-corrected chi connectivity index (χ0v) is 12.1. The van der Waals surface area contributed by atoms with Crippen molar-refractivity contribution in [2.45, 2.75) is 43.6 Å². The highest BCUT2D eigenvalue weighted by Crippen LogP contribution is 2.30. The van der Waals surface area contributed by atoms with E-state index in [1.807, 2.05) is 6.92 Å². The monoisotopic (exact) mass is 283 g/mol. The van der Waals surface area contributed by atoms with Crippen molar-refractivity contribution in [2.24, 2.45) is 0 Å². The number of anilines is 1. The van der Waals surface area contributed by atoms with Crippen molar-refractivity contribution in [2.75, 3.05) is 12.3 Å². The Labute approximate surface area is 114 Å². The molecule has 0 spiro atoms. The second-order valence-electron chi connectivity index (χ2n) is 5.01. The van der Waals surface area contributed by atoms with Gasteiger partial charge < -0.3 is 10.5 Å². The topological polar surface area (TPSA) is 69.4 Å². The standard InChI is InChI=1S/C14H21NO3S/c1-2-18-14-8-7-12(15)9-11(14)10-19(16,17)13-5-3-4-6-13/h7-9,13H,2-6,10,15H2,1H3. The quantitative estimate of drug-likeness (QED) is 0.843. The molecule has 1 fully saturated rings. The van der Waals surface area contributed by atoms with Crippen LogP contribution in [-0.2, 0) is 15.6 Å². The molecule has 0 amide bonds. The van der Waals surface area contributed by atoms with Crippen LogP contribution < -0.4 is 10.5 Å². The maximum atomic E-state index is 12.4. The molecule has 0 heterocycles. The predicted octanol–water partition coefficient (Wildman–Crippen LogP) is 2.52. The summed E-state index contributed by atoms with van der Waals surface area (Å²) in [5.41, 5.74) is 6.99. The summed E-state index contributed by atoms with van der Waals surface area (Å²) < 4.78 is 30.2. The molecule has 0 atom stereocenters. The molecule has 2 rings (SSSR count). The van der Waals surface area contributed by atoms with Crippen LogP contribution in [0.2, 0.25) is 0 Å². The van der Waals surface area contributed by atoms with Gasteiger partial charge in [-0.15, -0.1) is 0 Å². The van der Waals surface area contributed by atoms with Gasteiger partial charge in [-0.2, -0.15) is 0 Å². The van der Waals surface area contributed by atoms with Crippen molar-refractivity contribution in [3.63, 3.8) is 0 Å². The zero-order chi connectivity index (χ0) is 13.9. The fourth-order valence-electron chi connectivity index (χ4n) is 2.59. The van der Waals surface area contributed by atoms with Crippen molar-refractivity contribution in [1.82, 2.24) is 0 Å². The van der Waals surface area contributed by atoms with Crippen LogP contribution in [0.5, 0.6) is 5.75 Å². The van der Waals surface area contributed by atoms with E-state index in [9.17, 15) is 8.42 Å². The normalized spacial score (nSPS) is 16.7. The molecule has 1 aromatic rings. The van der Waals surface area contributed by atoms with Crippen molar-refractivity contribution >= 4 is 15.5 Å². The van der Waals surface area contributed by atoms with Gasteiger partial charge in [0.1, 0.15) is 5.75 Å². The first kappa shape index (κ1) is 14.2. The zero-order valence-electron chi connectivity index (χ0n) is 11.3. The second kappa shape index (κ2) is 5.82. The number of sulfone groups is 1. The third kappa shape index (κ3) is 3.41. The van der Waals surface area contributed by atoms with E-state index >= 15 is 0 Å². The number of nitrogens with two attached hydrogens (primary N) is 1. The minimum Gasteiger partial charge on any atom is -0.494 e. The fraction of sp³-hybridized carbons (Fsp3) is 0.571. The van der Waals surface area contributed by atoms with Gasteiger partial charge in [0.15, 0.2) is 9.84 Å². The SMILES string of the molecule is CCOc1ccc(N)cc1CS(=O)(=O)C1CCCC1. The lowest BCUT2D eigenvalue weighted by Gasteiger charge is -2.14. The van der Waals surface area contributed by atoms with Crippen LogP contribution in [0.15, 0.2) is 18.2 Å². The number of hydrogen-bond acceptors (Lipinski definition) is 4. The van der Waals surface area contributed by atoms with Crippen molar-refractivity contribution in [3.05, 3.63) is 23.8 Å². The molecule has 19 heavy (non-hydrogen) atoms. The van der Waals surface area contributed by atoms with Crippen LogP contribution in [0.3, 0.4) is 0 Å². The van der Waals surface area contributed by atoms with Gasteiger partial charge in [0, 0.05) is 11.3 Å². The van der Waals surface area contributed by atoms with Gasteiger partial charge in [0.25, 0.3) is 0 Å². The summed E-state index contributed by atoms with van der Waals surface area (Å²) in [7, 11) is -3.11. The van der Waals surface area contributed by atoms with Crippen LogP contribution >= 0.6 is 0 Å². The van der Waals surface area contributed by atoms with Gasteiger partial charge in [-0.05, 0) is 38.0 Å². The third-order valence-corrected chi connectivity index (χ3v) is 5.75.